The molecule has 1 aromatic rings. The summed E-state index contributed by atoms with van der Waals surface area (Å²) in [5, 5.41) is 0.239. The van der Waals surface area contributed by atoms with Crippen LogP contribution < -0.4 is 4.74 Å². The number of rotatable bonds is 3. The zero-order valence-electron chi connectivity index (χ0n) is 13.6. The number of carbonyl (C=O) groups is 2. The summed E-state index contributed by atoms with van der Waals surface area (Å²) >= 11 is 6.21. The molecule has 0 saturated carbocycles. The number of carbonyl (C=O) groups excluding carboxylic acids is 2. The molecule has 1 atom stereocenters. The van der Waals surface area contributed by atoms with Crippen LogP contribution in [-0.2, 0) is 16.1 Å². The summed E-state index contributed by atoms with van der Waals surface area (Å²) in [5.41, 5.74) is 0.340. The molecule has 24 heavy (non-hydrogen) atoms. The summed E-state index contributed by atoms with van der Waals surface area (Å²) in [6, 6.07) is 2.29. The van der Waals surface area contributed by atoms with Crippen molar-refractivity contribution in [3.05, 3.63) is 28.5 Å². The van der Waals surface area contributed by atoms with Gasteiger partial charge in [0.05, 0.1) is 18.7 Å². The lowest BCUT2D eigenvalue weighted by Crippen LogP contribution is -2.65. The van der Waals surface area contributed by atoms with Gasteiger partial charge in [0.2, 0.25) is 11.8 Å². The van der Waals surface area contributed by atoms with E-state index in [1.54, 1.807) is 11.9 Å². The van der Waals surface area contributed by atoms with Gasteiger partial charge < -0.3 is 14.5 Å². The number of amides is 2. The van der Waals surface area contributed by atoms with Crippen molar-refractivity contribution < 1.29 is 18.7 Å². The molecule has 8 heteroatoms. The van der Waals surface area contributed by atoms with Gasteiger partial charge in [-0.25, -0.2) is 4.39 Å². The summed E-state index contributed by atoms with van der Waals surface area (Å²) in [4.78, 5) is 29.4. The third-order valence-corrected chi connectivity index (χ3v) is 4.99. The fraction of sp³-hybridized carbons (Fsp3) is 0.500. The van der Waals surface area contributed by atoms with Crippen LogP contribution in [0, 0.1) is 5.82 Å². The zero-order chi connectivity index (χ0) is 17.4. The van der Waals surface area contributed by atoms with Crippen LogP contribution in [0.3, 0.4) is 0 Å². The number of hydrogen-bond acceptors (Lipinski definition) is 4. The fourth-order valence-corrected chi connectivity index (χ4v) is 3.51. The van der Waals surface area contributed by atoms with E-state index in [-0.39, 0.29) is 29.9 Å². The monoisotopic (exact) mass is 355 g/mol. The molecule has 0 unspecified atom stereocenters. The average Bonchev–Trinajstić information content (AvgIpc) is 2.56. The number of ether oxygens (including phenoxy) is 1. The van der Waals surface area contributed by atoms with Crippen molar-refractivity contribution in [1.82, 2.24) is 14.7 Å². The van der Waals surface area contributed by atoms with Gasteiger partial charge in [0.1, 0.15) is 17.6 Å². The molecule has 2 saturated heterocycles. The predicted octanol–water partition coefficient (Wildman–Crippen LogP) is 0.973. The molecule has 0 aromatic heterocycles. The molecular formula is C16H19ClFN3O3. The molecule has 0 aliphatic carbocycles. The molecule has 0 radical (unpaired) electrons. The summed E-state index contributed by atoms with van der Waals surface area (Å²) in [6.45, 7) is 1.75. The second kappa shape index (κ2) is 6.57. The van der Waals surface area contributed by atoms with Crippen molar-refractivity contribution in [1.29, 1.82) is 0 Å². The number of methoxy groups -OCH3 is 1. The van der Waals surface area contributed by atoms with E-state index >= 15 is 0 Å². The summed E-state index contributed by atoms with van der Waals surface area (Å²) in [5.74, 6) is -0.134. The zero-order valence-corrected chi connectivity index (χ0v) is 14.3. The average molecular weight is 356 g/mol. The first-order valence-electron chi connectivity index (χ1n) is 7.70. The summed E-state index contributed by atoms with van der Waals surface area (Å²) in [6.07, 6.45) is 0. The summed E-state index contributed by atoms with van der Waals surface area (Å²) < 4.78 is 19.3. The maximum atomic E-state index is 14.1. The van der Waals surface area contributed by atoms with E-state index in [0.717, 1.165) is 0 Å². The number of nitrogens with zero attached hydrogens (tertiary/aromatic N) is 3. The first-order valence-corrected chi connectivity index (χ1v) is 8.08. The lowest BCUT2D eigenvalue weighted by molar-refractivity contribution is -0.158. The quantitative estimate of drug-likeness (QED) is 0.811. The second-order valence-corrected chi connectivity index (χ2v) is 6.45. The minimum atomic E-state index is -0.516. The Hall–Kier alpha value is -1.86. The van der Waals surface area contributed by atoms with E-state index in [1.807, 2.05) is 4.90 Å². The number of halogens is 2. The fourth-order valence-electron chi connectivity index (χ4n) is 3.22. The topological polar surface area (TPSA) is 53.1 Å². The Morgan fingerprint density at radius 3 is 2.79 bits per heavy atom. The lowest BCUT2D eigenvalue weighted by Gasteiger charge is -2.45. The highest BCUT2D eigenvalue weighted by atomic mass is 35.5. The molecule has 2 fully saturated rings. The van der Waals surface area contributed by atoms with E-state index < -0.39 is 11.9 Å². The van der Waals surface area contributed by atoms with E-state index in [2.05, 4.69) is 0 Å². The number of hydrogen-bond donors (Lipinski definition) is 0. The van der Waals surface area contributed by atoms with Gasteiger partial charge in [-0.15, -0.1) is 0 Å². The standard InChI is InChI=1S/C16H19ClFN3O3/c1-19-9-14(22)21-6-5-20(8-12(21)16(19)23)7-10-11(18)3-4-13(24-2)15(10)17/h3-4,12H,5-9H2,1-2H3/t12-/m0/s1. The van der Waals surface area contributed by atoms with Crippen LogP contribution in [0.15, 0.2) is 12.1 Å². The van der Waals surface area contributed by atoms with Crippen molar-refractivity contribution >= 4 is 23.4 Å². The summed E-state index contributed by atoms with van der Waals surface area (Å²) in [7, 11) is 3.10. The molecule has 2 aliphatic heterocycles. The van der Waals surface area contributed by atoms with Crippen LogP contribution in [0.2, 0.25) is 5.02 Å². The normalized spacial score (nSPS) is 21.9. The van der Waals surface area contributed by atoms with Crippen LogP contribution in [0.4, 0.5) is 4.39 Å². The Morgan fingerprint density at radius 2 is 2.08 bits per heavy atom. The predicted molar refractivity (Wildman–Crippen MR) is 86.4 cm³/mol. The smallest absolute Gasteiger partial charge is 0.246 e. The molecule has 0 N–H and O–H groups in total. The van der Waals surface area contributed by atoms with E-state index in [4.69, 9.17) is 16.3 Å². The lowest BCUT2D eigenvalue weighted by atomic mass is 10.1. The van der Waals surface area contributed by atoms with Gasteiger partial charge in [-0.3, -0.25) is 14.5 Å². The van der Waals surface area contributed by atoms with Crippen LogP contribution in [0.1, 0.15) is 5.56 Å². The van der Waals surface area contributed by atoms with E-state index in [1.165, 1.54) is 24.1 Å². The van der Waals surface area contributed by atoms with Crippen molar-refractivity contribution in [2.45, 2.75) is 12.6 Å². The minimum Gasteiger partial charge on any atom is -0.495 e. The highest BCUT2D eigenvalue weighted by Gasteiger charge is 2.41. The van der Waals surface area contributed by atoms with Crippen molar-refractivity contribution in [3.8, 4) is 5.75 Å². The molecule has 130 valence electrons. The molecule has 2 amide bonds. The minimum absolute atomic E-state index is 0.0488. The van der Waals surface area contributed by atoms with Gasteiger partial charge in [-0.2, -0.15) is 0 Å². The molecule has 0 bridgehead atoms. The first-order chi connectivity index (χ1) is 11.4. The first kappa shape index (κ1) is 17.0. The Kier molecular flexibility index (Phi) is 4.64. The van der Waals surface area contributed by atoms with Gasteiger partial charge in [0.15, 0.2) is 0 Å². The van der Waals surface area contributed by atoms with Gasteiger partial charge >= 0.3 is 0 Å². The van der Waals surface area contributed by atoms with Crippen LogP contribution in [0.5, 0.6) is 5.75 Å². The van der Waals surface area contributed by atoms with Gasteiger partial charge in [0.25, 0.3) is 0 Å². The number of fused-ring (bicyclic) bond motifs is 1. The Bertz CT molecular complexity index is 685. The maximum absolute atomic E-state index is 14.1. The maximum Gasteiger partial charge on any atom is 0.246 e. The molecule has 2 heterocycles. The van der Waals surface area contributed by atoms with Gasteiger partial charge in [-0.1, -0.05) is 11.6 Å². The number of benzene rings is 1. The second-order valence-electron chi connectivity index (χ2n) is 6.07. The SMILES string of the molecule is COc1ccc(F)c(CN2CCN3C(=O)CN(C)C(=O)[C@@H]3C2)c1Cl. The highest BCUT2D eigenvalue weighted by molar-refractivity contribution is 6.32. The largest absolute Gasteiger partial charge is 0.495 e. The molecule has 0 spiro atoms. The van der Waals surface area contributed by atoms with Gasteiger partial charge in [-0.05, 0) is 12.1 Å². The number of likely N-dealkylation sites (N-methyl/N-ethyl adjacent to an activating group) is 1. The van der Waals surface area contributed by atoms with Gasteiger partial charge in [0, 0.05) is 38.8 Å². The Balaban J connectivity index is 1.79. The third kappa shape index (κ3) is 2.93. The highest BCUT2D eigenvalue weighted by Crippen LogP contribution is 2.31. The van der Waals surface area contributed by atoms with Crippen molar-refractivity contribution in [2.75, 3.05) is 40.3 Å². The molecule has 3 rings (SSSR count). The Morgan fingerprint density at radius 1 is 1.33 bits per heavy atom. The van der Waals surface area contributed by atoms with Crippen LogP contribution >= 0.6 is 11.6 Å². The Labute approximate surface area is 144 Å². The van der Waals surface area contributed by atoms with Crippen molar-refractivity contribution in [3.63, 3.8) is 0 Å². The molecular weight excluding hydrogens is 337 g/mol. The molecule has 1 aromatic carbocycles. The van der Waals surface area contributed by atoms with E-state index in [0.29, 0.717) is 30.9 Å². The third-order valence-electron chi connectivity index (χ3n) is 4.57. The molecule has 2 aliphatic rings. The number of piperazine rings is 2. The molecule has 6 nitrogen and oxygen atoms in total. The van der Waals surface area contributed by atoms with Crippen LogP contribution in [0.25, 0.3) is 0 Å². The van der Waals surface area contributed by atoms with Crippen LogP contribution in [-0.4, -0.2) is 72.9 Å². The van der Waals surface area contributed by atoms with Crippen molar-refractivity contribution in [2.24, 2.45) is 0 Å². The van der Waals surface area contributed by atoms with E-state index in [9.17, 15) is 14.0 Å².